The Morgan fingerprint density at radius 1 is 1.00 bits per heavy atom. The molecule has 0 saturated heterocycles. The molecule has 1 heterocycles. The molecule has 3 aromatic rings. The molecule has 0 radical (unpaired) electrons. The van der Waals surface area contributed by atoms with Gasteiger partial charge in [-0.15, -0.1) is 0 Å². The first-order chi connectivity index (χ1) is 13.9. The number of hydrogen-bond donors (Lipinski definition) is 1. The first-order valence-corrected chi connectivity index (χ1v) is 8.68. The number of ether oxygens (including phenoxy) is 3. The number of allylic oxidation sites excluding steroid dienone is 1. The molecule has 0 saturated carbocycles. The Bertz CT molecular complexity index is 1170. The number of aromatic hydroxyl groups is 1. The molecular formula is C22H20O7. The zero-order valence-electron chi connectivity index (χ0n) is 16.4. The van der Waals surface area contributed by atoms with Crippen molar-refractivity contribution < 1.29 is 28.5 Å². The Labute approximate surface area is 166 Å². The highest BCUT2D eigenvalue weighted by Gasteiger charge is 2.18. The summed E-state index contributed by atoms with van der Waals surface area (Å²) in [4.78, 5) is 24.6. The molecule has 0 unspecified atom stereocenters. The minimum atomic E-state index is -0.597. The van der Waals surface area contributed by atoms with Crippen molar-refractivity contribution in [3.63, 3.8) is 0 Å². The summed E-state index contributed by atoms with van der Waals surface area (Å²) in [5, 5.41) is 10.8. The van der Waals surface area contributed by atoms with Gasteiger partial charge in [-0.3, -0.25) is 4.79 Å². The minimum absolute atomic E-state index is 0.0453. The van der Waals surface area contributed by atoms with Gasteiger partial charge in [-0.2, -0.15) is 0 Å². The van der Waals surface area contributed by atoms with Crippen molar-refractivity contribution in [2.24, 2.45) is 0 Å². The molecule has 0 bridgehead atoms. The summed E-state index contributed by atoms with van der Waals surface area (Å²) in [6.45, 7) is 1.73. The van der Waals surface area contributed by atoms with E-state index in [1.54, 1.807) is 25.1 Å². The monoisotopic (exact) mass is 396 g/mol. The van der Waals surface area contributed by atoms with Crippen molar-refractivity contribution in [1.29, 1.82) is 0 Å². The summed E-state index contributed by atoms with van der Waals surface area (Å²) in [6.07, 6.45) is 2.79. The first kappa shape index (κ1) is 20.0. The largest absolute Gasteiger partial charge is 0.507 e. The number of aryl methyl sites for hydroxylation is 1. The molecule has 0 amide bonds. The van der Waals surface area contributed by atoms with Crippen LogP contribution in [-0.4, -0.2) is 32.2 Å². The lowest BCUT2D eigenvalue weighted by Gasteiger charge is -2.12. The second kappa shape index (κ2) is 8.10. The van der Waals surface area contributed by atoms with Gasteiger partial charge in [0.1, 0.15) is 17.1 Å². The summed E-state index contributed by atoms with van der Waals surface area (Å²) in [5.41, 5.74) is 0.579. The molecule has 0 aliphatic rings. The summed E-state index contributed by atoms with van der Waals surface area (Å²) >= 11 is 0. The second-order valence-corrected chi connectivity index (χ2v) is 6.23. The number of methoxy groups -OCH3 is 3. The van der Waals surface area contributed by atoms with Gasteiger partial charge in [0.05, 0.1) is 21.3 Å². The summed E-state index contributed by atoms with van der Waals surface area (Å²) < 4.78 is 21.1. The van der Waals surface area contributed by atoms with E-state index in [0.29, 0.717) is 33.8 Å². The Morgan fingerprint density at radius 3 is 2.31 bits per heavy atom. The second-order valence-electron chi connectivity index (χ2n) is 6.23. The van der Waals surface area contributed by atoms with Crippen molar-refractivity contribution in [3.8, 4) is 23.0 Å². The van der Waals surface area contributed by atoms with Crippen LogP contribution in [0, 0.1) is 6.92 Å². The molecule has 0 atom stereocenters. The van der Waals surface area contributed by atoms with Crippen LogP contribution < -0.4 is 19.8 Å². The number of carbonyl (C=O) groups is 1. The van der Waals surface area contributed by atoms with E-state index in [4.69, 9.17) is 18.6 Å². The molecule has 0 aliphatic carbocycles. The topological polar surface area (TPSA) is 95.2 Å². The van der Waals surface area contributed by atoms with Crippen LogP contribution in [0.3, 0.4) is 0 Å². The Balaban J connectivity index is 2.09. The van der Waals surface area contributed by atoms with Crippen molar-refractivity contribution in [3.05, 3.63) is 63.5 Å². The number of phenols is 1. The van der Waals surface area contributed by atoms with Crippen molar-refractivity contribution in [2.75, 3.05) is 21.3 Å². The fourth-order valence-corrected chi connectivity index (χ4v) is 3.04. The number of carbonyl (C=O) groups excluding carboxylic acids is 1. The molecule has 1 aromatic heterocycles. The summed E-state index contributed by atoms with van der Waals surface area (Å²) in [5.74, 6) is 0.613. The number of benzene rings is 2. The highest BCUT2D eigenvalue weighted by atomic mass is 16.5. The number of rotatable bonds is 6. The van der Waals surface area contributed by atoms with E-state index in [1.807, 2.05) is 0 Å². The van der Waals surface area contributed by atoms with Gasteiger partial charge < -0.3 is 23.7 Å². The van der Waals surface area contributed by atoms with Gasteiger partial charge in [-0.25, -0.2) is 4.79 Å². The van der Waals surface area contributed by atoms with E-state index in [9.17, 15) is 14.7 Å². The third kappa shape index (κ3) is 3.80. The van der Waals surface area contributed by atoms with E-state index in [2.05, 4.69) is 0 Å². The number of ketones is 1. The van der Waals surface area contributed by atoms with Gasteiger partial charge >= 0.3 is 5.63 Å². The van der Waals surface area contributed by atoms with Crippen molar-refractivity contribution in [2.45, 2.75) is 6.92 Å². The van der Waals surface area contributed by atoms with E-state index < -0.39 is 11.4 Å². The molecule has 29 heavy (non-hydrogen) atoms. The van der Waals surface area contributed by atoms with Crippen LogP contribution >= 0.6 is 0 Å². The number of hydrogen-bond acceptors (Lipinski definition) is 7. The van der Waals surface area contributed by atoms with E-state index >= 15 is 0 Å². The first-order valence-electron chi connectivity index (χ1n) is 8.68. The predicted octanol–water partition coefficient (Wildman–Crippen LogP) is 3.73. The zero-order chi connectivity index (χ0) is 21.1. The normalized spacial score (nSPS) is 11.0. The summed E-state index contributed by atoms with van der Waals surface area (Å²) in [6, 6.07) is 7.63. The highest BCUT2D eigenvalue weighted by Crippen LogP contribution is 2.35. The van der Waals surface area contributed by atoms with Crippen LogP contribution in [0.2, 0.25) is 0 Å². The van der Waals surface area contributed by atoms with Crippen molar-refractivity contribution in [1.82, 2.24) is 0 Å². The van der Waals surface area contributed by atoms with E-state index in [-0.39, 0.29) is 16.9 Å². The third-order valence-electron chi connectivity index (χ3n) is 4.49. The van der Waals surface area contributed by atoms with Gasteiger partial charge in [0.25, 0.3) is 0 Å². The van der Waals surface area contributed by atoms with Crippen LogP contribution in [0.1, 0.15) is 21.5 Å². The van der Waals surface area contributed by atoms with Crippen LogP contribution in [0.4, 0.5) is 0 Å². The van der Waals surface area contributed by atoms with Crippen LogP contribution in [0.25, 0.3) is 17.0 Å². The lowest BCUT2D eigenvalue weighted by atomic mass is 10.0. The van der Waals surface area contributed by atoms with Crippen molar-refractivity contribution >= 4 is 22.8 Å². The molecule has 0 spiro atoms. The van der Waals surface area contributed by atoms with Gasteiger partial charge in [0.2, 0.25) is 0 Å². The fourth-order valence-electron chi connectivity index (χ4n) is 3.04. The van der Waals surface area contributed by atoms with Gasteiger partial charge in [-0.1, -0.05) is 0 Å². The average molecular weight is 396 g/mol. The lowest BCUT2D eigenvalue weighted by Crippen LogP contribution is -2.03. The highest BCUT2D eigenvalue weighted by molar-refractivity contribution is 6.15. The maximum atomic E-state index is 12.8. The van der Waals surface area contributed by atoms with Crippen LogP contribution in [0.5, 0.6) is 23.0 Å². The molecule has 2 aromatic carbocycles. The zero-order valence-corrected chi connectivity index (χ0v) is 16.4. The Kier molecular flexibility index (Phi) is 5.59. The Morgan fingerprint density at radius 2 is 1.66 bits per heavy atom. The Hall–Kier alpha value is -3.74. The van der Waals surface area contributed by atoms with Gasteiger partial charge in [-0.05, 0) is 42.8 Å². The standard InChI is InChI=1S/C22H20O7/c1-12-9-20(25)29-22-14(12)6-8-16(24)21(22)15(23)7-5-13-10-18(27-3)19(28-4)11-17(13)26-2/h5-11,24H,1-4H3/b7-5+. The SMILES string of the molecule is COc1cc(OC)c(OC)cc1/C=C/C(=O)c1c(O)ccc2c(C)cc(=O)oc12. The van der Waals surface area contributed by atoms with Gasteiger partial charge in [0, 0.05) is 23.1 Å². The molecule has 150 valence electrons. The molecule has 1 N–H and O–H groups in total. The number of fused-ring (bicyclic) bond motifs is 1. The molecule has 3 rings (SSSR count). The van der Waals surface area contributed by atoms with Crippen LogP contribution in [-0.2, 0) is 0 Å². The van der Waals surface area contributed by atoms with E-state index in [1.165, 1.54) is 45.6 Å². The lowest BCUT2D eigenvalue weighted by molar-refractivity contribution is 0.104. The number of phenolic OH excluding ortho intramolecular Hbond substituents is 1. The molecule has 7 heteroatoms. The minimum Gasteiger partial charge on any atom is -0.507 e. The third-order valence-corrected chi connectivity index (χ3v) is 4.49. The summed E-state index contributed by atoms with van der Waals surface area (Å²) in [7, 11) is 4.51. The smallest absolute Gasteiger partial charge is 0.336 e. The van der Waals surface area contributed by atoms with Gasteiger partial charge in [0.15, 0.2) is 22.9 Å². The van der Waals surface area contributed by atoms with E-state index in [0.717, 1.165) is 0 Å². The van der Waals surface area contributed by atoms with Crippen LogP contribution in [0.15, 0.2) is 45.6 Å². The average Bonchev–Trinajstić information content (AvgIpc) is 2.70. The quantitative estimate of drug-likeness (QED) is 0.385. The molecule has 0 aliphatic heterocycles. The maximum absolute atomic E-state index is 12.8. The maximum Gasteiger partial charge on any atom is 0.336 e. The predicted molar refractivity (Wildman–Crippen MR) is 108 cm³/mol. The molecule has 0 fully saturated rings. The fraction of sp³-hybridized carbons (Fsp3) is 0.182. The molecule has 7 nitrogen and oxygen atoms in total. The molecular weight excluding hydrogens is 376 g/mol.